The van der Waals surface area contributed by atoms with Crippen molar-refractivity contribution in [3.05, 3.63) is 35.4 Å². The highest BCUT2D eigenvalue weighted by Gasteiger charge is 2.17. The van der Waals surface area contributed by atoms with Crippen molar-refractivity contribution in [2.45, 2.75) is 168 Å². The zero-order chi connectivity index (χ0) is 26.5. The number of hydrogen-bond acceptors (Lipinski definition) is 2. The van der Waals surface area contributed by atoms with Gasteiger partial charge in [-0.2, -0.15) is 0 Å². The van der Waals surface area contributed by atoms with Crippen molar-refractivity contribution in [1.29, 1.82) is 0 Å². The van der Waals surface area contributed by atoms with Crippen LogP contribution in [0.15, 0.2) is 24.3 Å². The van der Waals surface area contributed by atoms with Gasteiger partial charge in [0.2, 0.25) is 0 Å². The Hall–Kier alpha value is -0.860. The van der Waals surface area contributed by atoms with Gasteiger partial charge in [0.15, 0.2) is 0 Å². The molecule has 1 aromatic carbocycles. The smallest absolute Gasteiger partial charge is 0.0626 e. The molecular weight excluding hydrogens is 440 g/mol. The van der Waals surface area contributed by atoms with Gasteiger partial charge in [0.25, 0.3) is 0 Å². The monoisotopic (exact) mass is 502 g/mol. The maximum absolute atomic E-state index is 5.79. The van der Waals surface area contributed by atoms with Crippen LogP contribution in [0.1, 0.15) is 155 Å². The second-order valence-corrected chi connectivity index (χ2v) is 12.2. The standard InChI is InChI=1S/C34H62O2/c1-7-35-33(3,4)29-21-17-13-9-11-15-19-23-31-25-27-32(28-26-31)24-20-16-12-10-14-18-22-30-34(5,6)36-8-2/h25-28H,7-24,29-30H2,1-6H3. The molecule has 2 nitrogen and oxygen atoms in total. The zero-order valence-electron chi connectivity index (χ0n) is 25.3. The quantitative estimate of drug-likeness (QED) is 0.131. The summed E-state index contributed by atoms with van der Waals surface area (Å²) in [4.78, 5) is 0. The molecule has 1 rings (SSSR count). The lowest BCUT2D eigenvalue weighted by atomic mass is 9.98. The Kier molecular flexibility index (Phi) is 18.6. The number of benzene rings is 1. The number of aryl methyl sites for hydroxylation is 2. The van der Waals surface area contributed by atoms with Crippen molar-refractivity contribution in [2.24, 2.45) is 0 Å². The molecule has 0 bridgehead atoms. The fourth-order valence-corrected chi connectivity index (χ4v) is 5.33. The predicted octanol–water partition coefficient (Wildman–Crippen LogP) is 10.6. The molecule has 1 aromatic rings. The van der Waals surface area contributed by atoms with Gasteiger partial charge >= 0.3 is 0 Å². The largest absolute Gasteiger partial charge is 0.376 e. The minimum absolute atomic E-state index is 0.0615. The number of unbranched alkanes of at least 4 members (excludes halogenated alkanes) is 12. The van der Waals surface area contributed by atoms with E-state index < -0.39 is 0 Å². The molecule has 2 heteroatoms. The molecule has 0 aliphatic heterocycles. The summed E-state index contributed by atoms with van der Waals surface area (Å²) in [6.07, 6.45) is 23.9. The Morgan fingerprint density at radius 1 is 0.444 bits per heavy atom. The van der Waals surface area contributed by atoms with Crippen molar-refractivity contribution >= 4 is 0 Å². The van der Waals surface area contributed by atoms with E-state index in [-0.39, 0.29) is 11.2 Å². The summed E-state index contributed by atoms with van der Waals surface area (Å²) in [6, 6.07) is 9.50. The predicted molar refractivity (Wildman–Crippen MR) is 159 cm³/mol. The van der Waals surface area contributed by atoms with Crippen LogP contribution in [-0.2, 0) is 22.3 Å². The normalized spacial score (nSPS) is 12.4. The molecule has 0 fully saturated rings. The molecule has 0 atom stereocenters. The Bertz CT molecular complexity index is 562. The summed E-state index contributed by atoms with van der Waals surface area (Å²) >= 11 is 0. The van der Waals surface area contributed by atoms with Gasteiger partial charge in [0.1, 0.15) is 0 Å². The van der Waals surface area contributed by atoms with E-state index in [1.165, 1.54) is 127 Å². The van der Waals surface area contributed by atoms with Gasteiger partial charge in [-0.3, -0.25) is 0 Å². The molecule has 0 spiro atoms. The van der Waals surface area contributed by atoms with Gasteiger partial charge in [0.05, 0.1) is 11.2 Å². The van der Waals surface area contributed by atoms with Gasteiger partial charge in [-0.25, -0.2) is 0 Å². The van der Waals surface area contributed by atoms with Gasteiger partial charge in [-0.1, -0.05) is 101 Å². The molecule has 0 N–H and O–H groups in total. The van der Waals surface area contributed by atoms with Crippen LogP contribution in [0.4, 0.5) is 0 Å². The summed E-state index contributed by atoms with van der Waals surface area (Å²) in [5, 5.41) is 0. The van der Waals surface area contributed by atoms with Crippen LogP contribution < -0.4 is 0 Å². The zero-order valence-corrected chi connectivity index (χ0v) is 25.3. The van der Waals surface area contributed by atoms with Gasteiger partial charge in [0, 0.05) is 13.2 Å². The summed E-state index contributed by atoms with van der Waals surface area (Å²) in [6.45, 7) is 14.7. The van der Waals surface area contributed by atoms with Crippen LogP contribution in [0.25, 0.3) is 0 Å². The first kappa shape index (κ1) is 33.2. The van der Waals surface area contributed by atoms with Crippen LogP contribution in [0.5, 0.6) is 0 Å². The van der Waals surface area contributed by atoms with Crippen LogP contribution in [0, 0.1) is 0 Å². The maximum Gasteiger partial charge on any atom is 0.0626 e. The van der Waals surface area contributed by atoms with Crippen molar-refractivity contribution in [1.82, 2.24) is 0 Å². The average Bonchev–Trinajstić information content (AvgIpc) is 2.82. The molecule has 0 saturated heterocycles. The van der Waals surface area contributed by atoms with Gasteiger partial charge in [-0.15, -0.1) is 0 Å². The van der Waals surface area contributed by atoms with Gasteiger partial charge < -0.3 is 9.47 Å². The Balaban J connectivity index is 1.96. The topological polar surface area (TPSA) is 18.5 Å². The summed E-state index contributed by atoms with van der Waals surface area (Å²) < 4.78 is 11.6. The third-order valence-corrected chi connectivity index (χ3v) is 7.58. The minimum atomic E-state index is 0.0615. The van der Waals surface area contributed by atoms with Crippen molar-refractivity contribution in [3.8, 4) is 0 Å². The fraction of sp³-hybridized carbons (Fsp3) is 0.824. The maximum atomic E-state index is 5.79. The highest BCUT2D eigenvalue weighted by Crippen LogP contribution is 2.21. The van der Waals surface area contributed by atoms with E-state index >= 15 is 0 Å². The highest BCUT2D eigenvalue weighted by molar-refractivity contribution is 5.22. The Labute approximate surface area is 226 Å². The number of rotatable bonds is 24. The molecule has 0 aliphatic rings. The molecule has 0 heterocycles. The molecule has 0 aromatic heterocycles. The Morgan fingerprint density at radius 2 is 0.722 bits per heavy atom. The lowest BCUT2D eigenvalue weighted by Crippen LogP contribution is -2.24. The van der Waals surface area contributed by atoms with E-state index in [0.29, 0.717) is 0 Å². The van der Waals surface area contributed by atoms with Gasteiger partial charge in [-0.05, 0) is 91.2 Å². The van der Waals surface area contributed by atoms with Crippen LogP contribution in [0.3, 0.4) is 0 Å². The first-order valence-electron chi connectivity index (χ1n) is 15.6. The van der Waals surface area contributed by atoms with E-state index in [0.717, 1.165) is 13.2 Å². The van der Waals surface area contributed by atoms with Crippen LogP contribution in [0.2, 0.25) is 0 Å². The Morgan fingerprint density at radius 3 is 1.03 bits per heavy atom. The van der Waals surface area contributed by atoms with E-state index in [2.05, 4.69) is 65.8 Å². The van der Waals surface area contributed by atoms with E-state index in [9.17, 15) is 0 Å². The molecule has 0 radical (unpaired) electrons. The summed E-state index contributed by atoms with van der Waals surface area (Å²) in [7, 11) is 0. The van der Waals surface area contributed by atoms with E-state index in [1.54, 1.807) is 0 Å². The molecule has 0 aliphatic carbocycles. The highest BCUT2D eigenvalue weighted by atomic mass is 16.5. The van der Waals surface area contributed by atoms with E-state index in [1.807, 2.05) is 0 Å². The molecule has 0 amide bonds. The van der Waals surface area contributed by atoms with Crippen molar-refractivity contribution in [3.63, 3.8) is 0 Å². The first-order chi connectivity index (χ1) is 17.3. The van der Waals surface area contributed by atoms with E-state index in [4.69, 9.17) is 9.47 Å². The van der Waals surface area contributed by atoms with Crippen LogP contribution in [-0.4, -0.2) is 24.4 Å². The lowest BCUT2D eigenvalue weighted by molar-refractivity contribution is -0.0181. The summed E-state index contributed by atoms with van der Waals surface area (Å²) in [5.41, 5.74) is 3.16. The van der Waals surface area contributed by atoms with Crippen molar-refractivity contribution < 1.29 is 9.47 Å². The second kappa shape index (κ2) is 20.1. The number of ether oxygens (including phenoxy) is 2. The molecule has 0 saturated carbocycles. The lowest BCUT2D eigenvalue weighted by Gasteiger charge is -2.24. The molecule has 210 valence electrons. The second-order valence-electron chi connectivity index (χ2n) is 12.2. The third-order valence-electron chi connectivity index (χ3n) is 7.58. The minimum Gasteiger partial charge on any atom is -0.376 e. The third kappa shape index (κ3) is 18.4. The van der Waals surface area contributed by atoms with Crippen LogP contribution >= 0.6 is 0 Å². The molecular formula is C34H62O2. The fourth-order valence-electron chi connectivity index (χ4n) is 5.33. The SMILES string of the molecule is CCOC(C)(C)CCCCCCCCCc1ccc(CCCCCCCCCC(C)(C)OCC)cc1. The van der Waals surface area contributed by atoms with Crippen molar-refractivity contribution in [2.75, 3.05) is 13.2 Å². The number of hydrogen-bond donors (Lipinski definition) is 0. The molecule has 0 unspecified atom stereocenters. The first-order valence-corrected chi connectivity index (χ1v) is 15.6. The summed E-state index contributed by atoms with van der Waals surface area (Å²) in [5.74, 6) is 0. The molecule has 36 heavy (non-hydrogen) atoms. The average molecular weight is 503 g/mol.